The third kappa shape index (κ3) is 3.70. The summed E-state index contributed by atoms with van der Waals surface area (Å²) in [5, 5.41) is 2.93. The summed E-state index contributed by atoms with van der Waals surface area (Å²) in [6, 6.07) is 15.2. The van der Waals surface area contributed by atoms with Crippen molar-refractivity contribution in [1.29, 1.82) is 0 Å². The number of amides is 1. The number of rotatable bonds is 6. The topological polar surface area (TPSA) is 73.6 Å². The highest BCUT2D eigenvalue weighted by molar-refractivity contribution is 5.99. The molecule has 1 amide bonds. The number of benzene rings is 2. The van der Waals surface area contributed by atoms with Gasteiger partial charge in [0.15, 0.2) is 0 Å². The lowest BCUT2D eigenvalue weighted by atomic mass is 9.54. The van der Waals surface area contributed by atoms with Crippen molar-refractivity contribution < 1.29 is 14.3 Å². The summed E-state index contributed by atoms with van der Waals surface area (Å²) in [6.45, 7) is 8.55. The third-order valence-corrected chi connectivity index (χ3v) is 5.57. The Kier molecular flexibility index (Phi) is 5.27. The van der Waals surface area contributed by atoms with Gasteiger partial charge in [-0.1, -0.05) is 26.0 Å². The highest BCUT2D eigenvalue weighted by Gasteiger charge is 2.62. The monoisotopic (exact) mass is 368 g/mol. The van der Waals surface area contributed by atoms with Gasteiger partial charge in [0, 0.05) is 24.1 Å². The average molecular weight is 368 g/mol. The van der Waals surface area contributed by atoms with Crippen LogP contribution in [0.5, 0.6) is 11.5 Å². The van der Waals surface area contributed by atoms with Crippen molar-refractivity contribution >= 4 is 11.6 Å². The molecule has 1 fully saturated rings. The van der Waals surface area contributed by atoms with E-state index in [1.807, 2.05) is 76.2 Å². The first kappa shape index (κ1) is 19.4. The van der Waals surface area contributed by atoms with E-state index in [1.54, 1.807) is 0 Å². The number of anilines is 1. The lowest BCUT2D eigenvalue weighted by Gasteiger charge is -2.57. The van der Waals surface area contributed by atoms with Crippen LogP contribution < -0.4 is 15.8 Å². The van der Waals surface area contributed by atoms with Gasteiger partial charge in [0.1, 0.15) is 17.0 Å². The summed E-state index contributed by atoms with van der Waals surface area (Å²) in [5.41, 5.74) is 6.89. The van der Waals surface area contributed by atoms with Crippen LogP contribution in [0, 0.1) is 12.3 Å². The number of hydrogen-bond acceptors (Lipinski definition) is 4. The molecule has 2 unspecified atom stereocenters. The molecule has 3 N–H and O–H groups in total. The molecule has 0 aliphatic heterocycles. The highest BCUT2D eigenvalue weighted by Crippen LogP contribution is 2.50. The van der Waals surface area contributed by atoms with Gasteiger partial charge in [0.25, 0.3) is 0 Å². The fourth-order valence-electron chi connectivity index (χ4n) is 3.48. The molecule has 0 saturated heterocycles. The van der Waals surface area contributed by atoms with Gasteiger partial charge >= 0.3 is 0 Å². The normalized spacial score (nSPS) is 23.4. The molecular formula is C22H28N2O3. The van der Waals surface area contributed by atoms with Gasteiger partial charge < -0.3 is 20.5 Å². The van der Waals surface area contributed by atoms with Gasteiger partial charge in [-0.05, 0) is 55.8 Å². The maximum atomic E-state index is 12.8. The molecular weight excluding hydrogens is 340 g/mol. The smallest absolute Gasteiger partial charge is 0.245 e. The van der Waals surface area contributed by atoms with Crippen LogP contribution in [0.4, 0.5) is 5.69 Å². The molecule has 0 radical (unpaired) electrons. The van der Waals surface area contributed by atoms with Crippen LogP contribution in [0.3, 0.4) is 0 Å². The minimum Gasteiger partial charge on any atom is -0.457 e. The molecule has 2 aromatic carbocycles. The van der Waals surface area contributed by atoms with E-state index < -0.39 is 11.0 Å². The molecule has 144 valence electrons. The van der Waals surface area contributed by atoms with Crippen molar-refractivity contribution in [3.8, 4) is 11.5 Å². The number of ether oxygens (including phenoxy) is 2. The second-order valence-corrected chi connectivity index (χ2v) is 7.74. The zero-order valence-corrected chi connectivity index (χ0v) is 16.4. The molecule has 5 heteroatoms. The fourth-order valence-corrected chi connectivity index (χ4v) is 3.48. The highest BCUT2D eigenvalue weighted by atomic mass is 16.5. The first-order chi connectivity index (χ1) is 12.8. The SMILES string of the molecule is CCOC1CC(N)(C(=O)Nc2ccc(Oc3cccc(C)c3)cc2)C1(C)C. The Bertz CT molecular complexity index is 817. The fraction of sp³-hybridized carbons (Fsp3) is 0.409. The summed E-state index contributed by atoms with van der Waals surface area (Å²) in [6.07, 6.45) is 0.525. The van der Waals surface area contributed by atoms with Crippen molar-refractivity contribution in [2.75, 3.05) is 11.9 Å². The summed E-state index contributed by atoms with van der Waals surface area (Å²) < 4.78 is 11.5. The third-order valence-electron chi connectivity index (χ3n) is 5.57. The molecule has 1 saturated carbocycles. The van der Waals surface area contributed by atoms with Crippen molar-refractivity contribution in [2.45, 2.75) is 45.8 Å². The van der Waals surface area contributed by atoms with Gasteiger partial charge in [0.2, 0.25) is 5.91 Å². The van der Waals surface area contributed by atoms with Crippen LogP contribution >= 0.6 is 0 Å². The van der Waals surface area contributed by atoms with E-state index >= 15 is 0 Å². The number of nitrogens with two attached hydrogens (primary N) is 1. The molecule has 2 aromatic rings. The van der Waals surface area contributed by atoms with Crippen molar-refractivity contribution in [2.24, 2.45) is 11.1 Å². The molecule has 2 atom stereocenters. The van der Waals surface area contributed by atoms with Gasteiger partial charge in [-0.3, -0.25) is 4.79 Å². The number of hydrogen-bond donors (Lipinski definition) is 2. The van der Waals surface area contributed by atoms with E-state index in [1.165, 1.54) is 0 Å². The lowest BCUT2D eigenvalue weighted by Crippen LogP contribution is -2.74. The molecule has 3 rings (SSSR count). The van der Waals surface area contributed by atoms with Gasteiger partial charge in [-0.15, -0.1) is 0 Å². The van der Waals surface area contributed by atoms with E-state index in [0.717, 1.165) is 11.3 Å². The standard InChI is InChI=1S/C22H28N2O3/c1-5-26-19-14-22(23,21(19,3)4)20(25)24-16-9-11-17(12-10-16)27-18-8-6-7-15(2)13-18/h6-13,19H,5,14,23H2,1-4H3,(H,24,25). The van der Waals surface area contributed by atoms with Crippen LogP contribution in [0.2, 0.25) is 0 Å². The number of aryl methyl sites for hydroxylation is 1. The Morgan fingerprint density at radius 2 is 1.89 bits per heavy atom. The summed E-state index contributed by atoms with van der Waals surface area (Å²) in [7, 11) is 0. The number of carbonyl (C=O) groups is 1. The first-order valence-corrected chi connectivity index (χ1v) is 9.33. The Morgan fingerprint density at radius 3 is 2.48 bits per heavy atom. The summed E-state index contributed by atoms with van der Waals surface area (Å²) >= 11 is 0. The molecule has 1 aliphatic carbocycles. The van der Waals surface area contributed by atoms with Gasteiger partial charge in [-0.2, -0.15) is 0 Å². The quantitative estimate of drug-likeness (QED) is 0.799. The van der Waals surface area contributed by atoms with Crippen LogP contribution in [0.1, 0.15) is 32.8 Å². The predicted molar refractivity (Wildman–Crippen MR) is 107 cm³/mol. The van der Waals surface area contributed by atoms with Crippen molar-refractivity contribution in [3.63, 3.8) is 0 Å². The van der Waals surface area contributed by atoms with Crippen LogP contribution in [-0.2, 0) is 9.53 Å². The number of nitrogens with one attached hydrogen (secondary N) is 1. The van der Waals surface area contributed by atoms with E-state index in [-0.39, 0.29) is 12.0 Å². The second-order valence-electron chi connectivity index (χ2n) is 7.74. The maximum Gasteiger partial charge on any atom is 0.245 e. The lowest BCUT2D eigenvalue weighted by molar-refractivity contribution is -0.166. The van der Waals surface area contributed by atoms with Crippen molar-refractivity contribution in [3.05, 3.63) is 54.1 Å². The zero-order valence-electron chi connectivity index (χ0n) is 16.4. The predicted octanol–water partition coefficient (Wildman–Crippen LogP) is 4.26. The maximum absolute atomic E-state index is 12.8. The van der Waals surface area contributed by atoms with Crippen molar-refractivity contribution in [1.82, 2.24) is 0 Å². The van der Waals surface area contributed by atoms with Crippen LogP contribution in [0.15, 0.2) is 48.5 Å². The van der Waals surface area contributed by atoms with Crippen LogP contribution in [-0.4, -0.2) is 24.2 Å². The zero-order chi connectivity index (χ0) is 19.7. The van der Waals surface area contributed by atoms with E-state index in [2.05, 4.69) is 5.32 Å². The summed E-state index contributed by atoms with van der Waals surface area (Å²) in [4.78, 5) is 12.8. The Morgan fingerprint density at radius 1 is 1.19 bits per heavy atom. The Balaban J connectivity index is 1.64. The van der Waals surface area contributed by atoms with Gasteiger partial charge in [0.05, 0.1) is 6.10 Å². The first-order valence-electron chi connectivity index (χ1n) is 9.33. The van der Waals surface area contributed by atoms with Gasteiger partial charge in [-0.25, -0.2) is 0 Å². The Labute approximate surface area is 160 Å². The second kappa shape index (κ2) is 7.33. The van der Waals surface area contributed by atoms with E-state index in [9.17, 15) is 4.79 Å². The molecule has 0 aromatic heterocycles. The van der Waals surface area contributed by atoms with E-state index in [0.29, 0.717) is 24.5 Å². The molecule has 0 heterocycles. The number of carbonyl (C=O) groups excluding carboxylic acids is 1. The minimum absolute atomic E-state index is 0.00311. The minimum atomic E-state index is -0.941. The Hall–Kier alpha value is -2.37. The molecule has 5 nitrogen and oxygen atoms in total. The molecule has 1 aliphatic rings. The molecule has 0 spiro atoms. The summed E-state index contributed by atoms with van der Waals surface area (Å²) in [5.74, 6) is 1.31. The van der Waals surface area contributed by atoms with Crippen LogP contribution in [0.25, 0.3) is 0 Å². The largest absolute Gasteiger partial charge is 0.457 e. The average Bonchev–Trinajstić information content (AvgIpc) is 2.63. The molecule has 27 heavy (non-hydrogen) atoms. The molecule has 0 bridgehead atoms. The van der Waals surface area contributed by atoms with E-state index in [4.69, 9.17) is 15.2 Å².